The van der Waals surface area contributed by atoms with E-state index >= 15 is 0 Å². The van der Waals surface area contributed by atoms with Crippen LogP contribution < -0.4 is 0 Å². The van der Waals surface area contributed by atoms with Gasteiger partial charge in [-0.15, -0.1) is 0 Å². The molecule has 0 saturated heterocycles. The first-order valence-electron chi connectivity index (χ1n) is 3.26. The van der Waals surface area contributed by atoms with Crippen LogP contribution in [0.25, 0.3) is 11.5 Å². The average Bonchev–Trinajstić information content (AvgIpc) is 2.04. The fourth-order valence-corrected chi connectivity index (χ4v) is 0.790. The van der Waals surface area contributed by atoms with Crippen molar-refractivity contribution in [2.24, 2.45) is 0 Å². The summed E-state index contributed by atoms with van der Waals surface area (Å²) in [6.07, 6.45) is 3.07. The van der Waals surface area contributed by atoms with Crippen molar-refractivity contribution in [2.75, 3.05) is 13.1 Å². The molecule has 81 valence electrons. The Morgan fingerprint density at radius 2 is 1.43 bits per heavy atom. The van der Waals surface area contributed by atoms with Gasteiger partial charge in [-0.05, 0) is 6.07 Å². The molecule has 0 unspecified atom stereocenters. The van der Waals surface area contributed by atoms with Crippen LogP contribution in [0.5, 0.6) is 0 Å². The average molecular weight is 322 g/mol. The smallest absolute Gasteiger partial charge is 0.679 e. The summed E-state index contributed by atoms with van der Waals surface area (Å²) in [7, 11) is 0. The molecule has 0 aliphatic carbocycles. The summed E-state index contributed by atoms with van der Waals surface area (Å²) in [6, 6.07) is 1.64. The molecule has 0 saturated carbocycles. The maximum Gasteiger partial charge on any atom is 3.00 e. The van der Waals surface area contributed by atoms with Crippen molar-refractivity contribution < 1.29 is 19.5 Å². The molecule has 14 heavy (non-hydrogen) atoms. The molecule has 2 N–H and O–H groups in total. The zero-order valence-corrected chi connectivity index (χ0v) is 11.0. The maximum atomic E-state index is 6.26. The SMILES string of the molecule is Clc1cncc(Cl)c1.[CH3-].[NH-]CC[NH-].[Ru+3]. The quantitative estimate of drug-likeness (QED) is 0.571. The number of halogens is 2. The summed E-state index contributed by atoms with van der Waals surface area (Å²) in [4.78, 5) is 3.72. The molecule has 0 aliphatic heterocycles. The summed E-state index contributed by atoms with van der Waals surface area (Å²) in [5, 5.41) is 1.13. The van der Waals surface area contributed by atoms with E-state index < -0.39 is 0 Å². The van der Waals surface area contributed by atoms with E-state index in [9.17, 15) is 0 Å². The predicted molar refractivity (Wildman–Crippen MR) is 59.0 cm³/mol. The first kappa shape index (κ1) is 19.8. The van der Waals surface area contributed by atoms with Crippen LogP contribution in [0.3, 0.4) is 0 Å². The van der Waals surface area contributed by atoms with Crippen LogP contribution >= 0.6 is 23.2 Å². The van der Waals surface area contributed by atoms with Crippen LogP contribution in [-0.2, 0) is 19.5 Å². The van der Waals surface area contributed by atoms with Gasteiger partial charge in [0.05, 0.1) is 10.0 Å². The molecule has 1 rings (SSSR count). The Morgan fingerprint density at radius 1 is 1.07 bits per heavy atom. The van der Waals surface area contributed by atoms with E-state index in [0.29, 0.717) is 10.0 Å². The second kappa shape index (κ2) is 13.3. The molecule has 3 nitrogen and oxygen atoms in total. The third-order valence-electron chi connectivity index (χ3n) is 0.797. The number of hydrogen-bond donors (Lipinski definition) is 0. The number of hydrogen-bond acceptors (Lipinski definition) is 1. The van der Waals surface area contributed by atoms with Gasteiger partial charge in [-0.25, -0.2) is 0 Å². The first-order valence-corrected chi connectivity index (χ1v) is 4.01. The summed E-state index contributed by atoms with van der Waals surface area (Å²) in [5.74, 6) is 0. The van der Waals surface area contributed by atoms with Crippen LogP contribution in [-0.4, -0.2) is 18.1 Å². The molecule has 0 aromatic carbocycles. The van der Waals surface area contributed by atoms with Gasteiger partial charge in [0, 0.05) is 12.4 Å². The van der Waals surface area contributed by atoms with Crippen LogP contribution in [0.4, 0.5) is 0 Å². The minimum atomic E-state index is 0. The van der Waals surface area contributed by atoms with E-state index in [0.717, 1.165) is 0 Å². The molecule has 0 amide bonds. The molecule has 1 aromatic heterocycles. The molecule has 0 spiro atoms. The van der Waals surface area contributed by atoms with Crippen molar-refractivity contribution >= 4 is 23.2 Å². The minimum Gasteiger partial charge on any atom is -0.679 e. The van der Waals surface area contributed by atoms with Crippen LogP contribution in [0, 0.1) is 7.43 Å². The van der Waals surface area contributed by atoms with E-state index in [1.807, 2.05) is 0 Å². The topological polar surface area (TPSA) is 60.5 Å². The Morgan fingerprint density at radius 3 is 1.57 bits per heavy atom. The number of pyridine rings is 1. The van der Waals surface area contributed by atoms with Crippen LogP contribution in [0.15, 0.2) is 18.5 Å². The summed E-state index contributed by atoms with van der Waals surface area (Å²) in [6.45, 7) is 0.472. The molecular weight excluding hydrogens is 310 g/mol. The van der Waals surface area contributed by atoms with Gasteiger partial charge in [-0.1, -0.05) is 23.2 Å². The van der Waals surface area contributed by atoms with Crippen molar-refractivity contribution in [1.29, 1.82) is 0 Å². The minimum absolute atomic E-state index is 0. The van der Waals surface area contributed by atoms with E-state index in [2.05, 4.69) is 4.98 Å². The van der Waals surface area contributed by atoms with Crippen LogP contribution in [0.2, 0.25) is 10.0 Å². The second-order valence-electron chi connectivity index (χ2n) is 1.82. The molecule has 0 fully saturated rings. The largest absolute Gasteiger partial charge is 3.00 e. The molecule has 1 heterocycles. The third-order valence-corrected chi connectivity index (χ3v) is 1.21. The van der Waals surface area contributed by atoms with E-state index in [4.69, 9.17) is 34.7 Å². The first-order chi connectivity index (χ1) is 5.70. The zero-order valence-electron chi connectivity index (χ0n) is 7.70. The normalized spacial score (nSPS) is 7.43. The fraction of sp³-hybridized carbons (Fsp3) is 0.250. The Hall–Kier alpha value is 0.273. The molecule has 6 heteroatoms. The van der Waals surface area contributed by atoms with Gasteiger partial charge in [0.15, 0.2) is 0 Å². The molecule has 1 radical (unpaired) electrons. The molecular formula is C8H12Cl2N3Ru. The third kappa shape index (κ3) is 12.3. The van der Waals surface area contributed by atoms with E-state index in [1.54, 1.807) is 6.07 Å². The van der Waals surface area contributed by atoms with Gasteiger partial charge < -0.3 is 18.9 Å². The maximum absolute atomic E-state index is 6.26. The molecule has 1 aromatic rings. The van der Waals surface area contributed by atoms with Crippen molar-refractivity contribution in [3.63, 3.8) is 0 Å². The van der Waals surface area contributed by atoms with Crippen molar-refractivity contribution in [3.05, 3.63) is 47.4 Å². The number of aromatic nitrogens is 1. The van der Waals surface area contributed by atoms with Gasteiger partial charge >= 0.3 is 19.5 Å². The Labute approximate surface area is 108 Å². The zero-order chi connectivity index (χ0) is 9.40. The number of nitrogens with one attached hydrogen (secondary N) is 2. The summed E-state index contributed by atoms with van der Waals surface area (Å²) < 4.78 is 0. The van der Waals surface area contributed by atoms with Crippen molar-refractivity contribution in [1.82, 2.24) is 4.98 Å². The van der Waals surface area contributed by atoms with Gasteiger partial charge in [0.1, 0.15) is 0 Å². The van der Waals surface area contributed by atoms with E-state index in [-0.39, 0.29) is 40.0 Å². The Bertz CT molecular complexity index is 204. The fourth-order valence-electron chi connectivity index (χ4n) is 0.386. The second-order valence-corrected chi connectivity index (χ2v) is 2.69. The Balaban J connectivity index is -0.000000180. The molecule has 0 bridgehead atoms. The number of rotatable bonds is 1. The standard InChI is InChI=1S/C5H3Cl2N.C2H6N2.CH3.Ru/c6-4-1-5(7)3-8-2-4;3-1-2-4;;/h1-3H;3-4H,1-2H2;1H3;/q;-2;-1;+3. The summed E-state index contributed by atoms with van der Waals surface area (Å²) in [5.41, 5.74) is 12.5. The van der Waals surface area contributed by atoms with E-state index in [1.165, 1.54) is 12.4 Å². The number of nitrogens with zero attached hydrogens (tertiary/aromatic N) is 1. The molecule has 0 atom stereocenters. The van der Waals surface area contributed by atoms with Gasteiger partial charge in [-0.3, -0.25) is 4.98 Å². The van der Waals surface area contributed by atoms with Gasteiger partial charge in [0.2, 0.25) is 0 Å². The summed E-state index contributed by atoms with van der Waals surface area (Å²) >= 11 is 11.0. The monoisotopic (exact) mass is 322 g/mol. The predicted octanol–water partition coefficient (Wildman–Crippen LogP) is 3.93. The Kier molecular flexibility index (Phi) is 18.8. The van der Waals surface area contributed by atoms with Crippen LogP contribution in [0.1, 0.15) is 0 Å². The van der Waals surface area contributed by atoms with Gasteiger partial charge in [0.25, 0.3) is 0 Å². The van der Waals surface area contributed by atoms with Crippen molar-refractivity contribution in [2.45, 2.75) is 0 Å². The van der Waals surface area contributed by atoms with Gasteiger partial charge in [-0.2, -0.15) is 13.1 Å². The molecule has 0 aliphatic rings. The van der Waals surface area contributed by atoms with Crippen molar-refractivity contribution in [3.8, 4) is 0 Å².